The highest BCUT2D eigenvalue weighted by Crippen LogP contribution is 2.62. The molecule has 7 heteroatoms. The van der Waals surface area contributed by atoms with Crippen LogP contribution in [0.5, 0.6) is 0 Å². The van der Waals surface area contributed by atoms with Crippen molar-refractivity contribution in [2.45, 2.75) is 50.9 Å². The van der Waals surface area contributed by atoms with Gasteiger partial charge in [-0.05, 0) is 50.7 Å². The minimum Gasteiger partial charge on any atom is -0.393 e. The van der Waals surface area contributed by atoms with Crippen molar-refractivity contribution in [3.8, 4) is 11.4 Å². The molecule has 4 nitrogen and oxygen atoms in total. The van der Waals surface area contributed by atoms with Crippen molar-refractivity contribution >= 4 is 0 Å². The molecule has 0 radical (unpaired) electrons. The monoisotopic (exact) mass is 351 g/mol. The zero-order valence-corrected chi connectivity index (χ0v) is 14.0. The van der Waals surface area contributed by atoms with Crippen LogP contribution in [0.1, 0.15) is 50.0 Å². The van der Waals surface area contributed by atoms with E-state index in [0.717, 1.165) is 30.8 Å². The molecule has 0 saturated heterocycles. The van der Waals surface area contributed by atoms with E-state index in [9.17, 15) is 18.3 Å². The molecule has 0 spiro atoms. The smallest absolute Gasteiger partial charge is 0.393 e. The molecule has 2 aliphatic carbocycles. The van der Waals surface area contributed by atoms with Gasteiger partial charge in [-0.2, -0.15) is 18.3 Å². The maximum absolute atomic E-state index is 13.0. The fourth-order valence-electron chi connectivity index (χ4n) is 4.09. The SMILES string of the molecule is CC(C)n1nc(-c2cccc(C(F)(F)F)c2)nc1C1[C@H]2CC(O)C[C@@H]12. The number of nitrogens with zero attached hydrogens (tertiary/aromatic N) is 3. The Balaban J connectivity index is 1.69. The lowest BCUT2D eigenvalue weighted by Gasteiger charge is -2.11. The van der Waals surface area contributed by atoms with E-state index in [1.807, 2.05) is 18.5 Å². The number of aliphatic hydroxyl groups is 1. The average molecular weight is 351 g/mol. The number of alkyl halides is 3. The predicted octanol–water partition coefficient (Wildman–Crippen LogP) is 4.03. The lowest BCUT2D eigenvalue weighted by molar-refractivity contribution is -0.137. The van der Waals surface area contributed by atoms with Crippen LogP contribution in [0.2, 0.25) is 0 Å². The summed E-state index contributed by atoms with van der Waals surface area (Å²) < 4.78 is 40.7. The van der Waals surface area contributed by atoms with E-state index < -0.39 is 11.7 Å². The minimum atomic E-state index is -4.39. The molecule has 1 N–H and O–H groups in total. The number of fused-ring (bicyclic) bond motifs is 1. The van der Waals surface area contributed by atoms with Crippen LogP contribution in [0.3, 0.4) is 0 Å². The number of aliphatic hydroxyl groups excluding tert-OH is 1. The number of hydrogen-bond donors (Lipinski definition) is 1. The minimum absolute atomic E-state index is 0.0771. The second kappa shape index (κ2) is 5.56. The van der Waals surface area contributed by atoms with Crippen LogP contribution in [-0.2, 0) is 6.18 Å². The van der Waals surface area contributed by atoms with Crippen molar-refractivity contribution < 1.29 is 18.3 Å². The third kappa shape index (κ3) is 2.84. The molecular formula is C18H20F3N3O. The largest absolute Gasteiger partial charge is 0.416 e. The summed E-state index contributed by atoms with van der Waals surface area (Å²) in [5.41, 5.74) is -0.319. The van der Waals surface area contributed by atoms with E-state index in [2.05, 4.69) is 10.1 Å². The Morgan fingerprint density at radius 2 is 1.88 bits per heavy atom. The molecule has 134 valence electrons. The summed E-state index contributed by atoms with van der Waals surface area (Å²) in [6.07, 6.45) is -3.06. The Morgan fingerprint density at radius 3 is 2.48 bits per heavy atom. The van der Waals surface area contributed by atoms with Crippen LogP contribution in [0.4, 0.5) is 13.2 Å². The van der Waals surface area contributed by atoms with Crippen molar-refractivity contribution in [2.24, 2.45) is 11.8 Å². The van der Waals surface area contributed by atoms with Gasteiger partial charge in [0.15, 0.2) is 5.82 Å². The molecule has 0 bridgehead atoms. The van der Waals surface area contributed by atoms with Crippen molar-refractivity contribution in [1.29, 1.82) is 0 Å². The second-order valence-electron chi connectivity index (χ2n) is 7.39. The van der Waals surface area contributed by atoms with Crippen LogP contribution in [0, 0.1) is 11.8 Å². The Morgan fingerprint density at radius 1 is 1.20 bits per heavy atom. The molecule has 0 aliphatic heterocycles. The molecule has 4 rings (SSSR count). The summed E-state index contributed by atoms with van der Waals surface area (Å²) in [7, 11) is 0. The summed E-state index contributed by atoms with van der Waals surface area (Å²) in [5.74, 6) is 2.28. The van der Waals surface area contributed by atoms with Crippen molar-refractivity contribution in [1.82, 2.24) is 14.8 Å². The molecule has 2 aliphatic rings. The standard InChI is InChI=1S/C18H20F3N3O/c1-9(2)24-17(15-13-7-12(25)8-14(13)15)22-16(23-24)10-4-3-5-11(6-10)18(19,20)21/h3-6,9,12-15,25H,7-8H2,1-2H3/t12?,13-,14+,15?. The zero-order valence-electron chi connectivity index (χ0n) is 14.0. The van der Waals surface area contributed by atoms with E-state index in [1.54, 1.807) is 6.07 Å². The summed E-state index contributed by atoms with van der Waals surface area (Å²) in [6, 6.07) is 5.22. The first-order valence-corrected chi connectivity index (χ1v) is 8.58. The van der Waals surface area contributed by atoms with Gasteiger partial charge in [0.25, 0.3) is 0 Å². The van der Waals surface area contributed by atoms with Crippen LogP contribution < -0.4 is 0 Å². The fraction of sp³-hybridized carbons (Fsp3) is 0.556. The first-order valence-electron chi connectivity index (χ1n) is 8.58. The van der Waals surface area contributed by atoms with E-state index in [4.69, 9.17) is 0 Å². The molecule has 25 heavy (non-hydrogen) atoms. The molecule has 2 unspecified atom stereocenters. The van der Waals surface area contributed by atoms with Crippen LogP contribution in [0.25, 0.3) is 11.4 Å². The fourth-order valence-corrected chi connectivity index (χ4v) is 4.09. The quantitative estimate of drug-likeness (QED) is 0.908. The van der Waals surface area contributed by atoms with Gasteiger partial charge in [-0.25, -0.2) is 9.67 Å². The van der Waals surface area contributed by atoms with E-state index >= 15 is 0 Å². The summed E-state index contributed by atoms with van der Waals surface area (Å²) in [6.45, 7) is 3.97. The third-order valence-corrected chi connectivity index (χ3v) is 5.31. The van der Waals surface area contributed by atoms with Gasteiger partial charge in [0.2, 0.25) is 0 Å². The Hall–Kier alpha value is -1.89. The Kier molecular flexibility index (Phi) is 3.68. The number of benzene rings is 1. The molecule has 1 aromatic carbocycles. The van der Waals surface area contributed by atoms with Gasteiger partial charge in [0.05, 0.1) is 11.7 Å². The highest BCUT2D eigenvalue weighted by atomic mass is 19.4. The lowest BCUT2D eigenvalue weighted by Crippen LogP contribution is -2.11. The molecule has 4 atom stereocenters. The lowest BCUT2D eigenvalue weighted by atomic mass is 10.1. The average Bonchev–Trinajstić information content (AvgIpc) is 2.90. The van der Waals surface area contributed by atoms with Crippen molar-refractivity contribution in [3.05, 3.63) is 35.7 Å². The van der Waals surface area contributed by atoms with Gasteiger partial charge < -0.3 is 5.11 Å². The number of hydrogen-bond acceptors (Lipinski definition) is 3. The van der Waals surface area contributed by atoms with Gasteiger partial charge in [0, 0.05) is 17.5 Å². The van der Waals surface area contributed by atoms with Crippen LogP contribution in [-0.4, -0.2) is 26.0 Å². The number of rotatable bonds is 3. The van der Waals surface area contributed by atoms with Crippen molar-refractivity contribution in [2.75, 3.05) is 0 Å². The first kappa shape index (κ1) is 16.6. The highest BCUT2D eigenvalue weighted by Gasteiger charge is 2.58. The second-order valence-corrected chi connectivity index (χ2v) is 7.39. The molecule has 1 aromatic heterocycles. The molecule has 1 heterocycles. The van der Waals surface area contributed by atoms with E-state index in [0.29, 0.717) is 23.2 Å². The Labute approximate surface area is 143 Å². The molecule has 2 aromatic rings. The molecule has 0 amide bonds. The normalized spacial score (nSPS) is 28.4. The molecule has 2 saturated carbocycles. The predicted molar refractivity (Wildman–Crippen MR) is 85.8 cm³/mol. The highest BCUT2D eigenvalue weighted by molar-refractivity contribution is 5.56. The van der Waals surface area contributed by atoms with Crippen LogP contribution >= 0.6 is 0 Å². The van der Waals surface area contributed by atoms with Gasteiger partial charge in [-0.1, -0.05) is 12.1 Å². The molecule has 2 fully saturated rings. The van der Waals surface area contributed by atoms with Crippen LogP contribution in [0.15, 0.2) is 24.3 Å². The van der Waals surface area contributed by atoms with Gasteiger partial charge >= 0.3 is 6.18 Å². The van der Waals surface area contributed by atoms with E-state index in [-0.39, 0.29) is 18.1 Å². The maximum atomic E-state index is 13.0. The topological polar surface area (TPSA) is 50.9 Å². The number of halogens is 3. The van der Waals surface area contributed by atoms with Gasteiger partial charge in [-0.3, -0.25) is 0 Å². The zero-order chi connectivity index (χ0) is 17.9. The van der Waals surface area contributed by atoms with Gasteiger partial charge in [-0.15, -0.1) is 0 Å². The Bertz CT molecular complexity index is 787. The summed E-state index contributed by atoms with van der Waals surface area (Å²) in [5, 5.41) is 14.2. The van der Waals surface area contributed by atoms with Crippen molar-refractivity contribution in [3.63, 3.8) is 0 Å². The third-order valence-electron chi connectivity index (χ3n) is 5.31. The summed E-state index contributed by atoms with van der Waals surface area (Å²) >= 11 is 0. The van der Waals surface area contributed by atoms with E-state index in [1.165, 1.54) is 6.07 Å². The maximum Gasteiger partial charge on any atom is 0.416 e. The van der Waals surface area contributed by atoms with Gasteiger partial charge in [0.1, 0.15) is 5.82 Å². The summed E-state index contributed by atoms with van der Waals surface area (Å²) in [4.78, 5) is 4.60. The number of aromatic nitrogens is 3. The first-order chi connectivity index (χ1) is 11.8. The molecular weight excluding hydrogens is 331 g/mol.